The van der Waals surface area contributed by atoms with Crippen molar-refractivity contribution in [2.45, 2.75) is 39.4 Å². The molecule has 1 aliphatic rings. The highest BCUT2D eigenvalue weighted by molar-refractivity contribution is 7.80. The molecule has 4 rings (SSSR count). The molecule has 0 spiro atoms. The minimum Gasteiger partial charge on any atom is -0.508 e. The zero-order chi connectivity index (χ0) is 20.9. The molecule has 3 aromatic rings. The Labute approximate surface area is 174 Å². The van der Waals surface area contributed by atoms with E-state index in [4.69, 9.17) is 12.2 Å². The van der Waals surface area contributed by atoms with Crippen LogP contribution >= 0.6 is 12.2 Å². The molecule has 1 aromatic heterocycles. The van der Waals surface area contributed by atoms with Crippen LogP contribution in [0.2, 0.25) is 0 Å². The number of nitrogens with one attached hydrogen (secondary N) is 2. The fraction of sp³-hybridized carbons (Fsp3) is 0.286. The third kappa shape index (κ3) is 3.04. The van der Waals surface area contributed by atoms with Crippen molar-refractivity contribution in [1.29, 1.82) is 0 Å². The van der Waals surface area contributed by atoms with E-state index in [0.29, 0.717) is 17.1 Å². The van der Waals surface area contributed by atoms with Crippen molar-refractivity contribution in [3.05, 3.63) is 47.7 Å². The second-order valence-electron chi connectivity index (χ2n) is 7.42. The average Bonchev–Trinajstić information content (AvgIpc) is 3.28. The van der Waals surface area contributed by atoms with E-state index in [1.165, 1.54) is 6.07 Å². The quantitative estimate of drug-likeness (QED) is 0.416. The summed E-state index contributed by atoms with van der Waals surface area (Å²) in [5.41, 5.74) is 8.95. The van der Waals surface area contributed by atoms with Crippen molar-refractivity contribution in [2.75, 3.05) is 4.90 Å². The van der Waals surface area contributed by atoms with Crippen LogP contribution in [-0.2, 0) is 6.42 Å². The summed E-state index contributed by atoms with van der Waals surface area (Å²) in [5, 5.41) is 32.3. The first-order chi connectivity index (χ1) is 13.8. The number of aromatic nitrogens is 1. The van der Waals surface area contributed by atoms with E-state index in [2.05, 4.69) is 24.7 Å². The summed E-state index contributed by atoms with van der Waals surface area (Å²) < 4.78 is 2.01. The molecule has 1 unspecified atom stereocenters. The zero-order valence-electron chi connectivity index (χ0n) is 16.5. The topological polar surface area (TPSA) is 92.9 Å². The van der Waals surface area contributed by atoms with Crippen molar-refractivity contribution in [1.82, 2.24) is 15.4 Å². The zero-order valence-corrected chi connectivity index (χ0v) is 17.3. The Bertz CT molecular complexity index is 1110. The number of benzene rings is 2. The van der Waals surface area contributed by atoms with Gasteiger partial charge in [0.1, 0.15) is 23.4 Å². The molecule has 152 valence electrons. The smallest absolute Gasteiger partial charge is 0.189 e. The van der Waals surface area contributed by atoms with Gasteiger partial charge in [-0.1, -0.05) is 6.92 Å². The van der Waals surface area contributed by atoms with Crippen LogP contribution in [0.5, 0.6) is 17.2 Å². The Morgan fingerprint density at radius 2 is 1.83 bits per heavy atom. The maximum atomic E-state index is 10.5. The van der Waals surface area contributed by atoms with Gasteiger partial charge in [0.15, 0.2) is 5.11 Å². The minimum absolute atomic E-state index is 0.0246. The molecule has 1 fully saturated rings. The molecule has 7 nitrogen and oxygen atoms in total. The van der Waals surface area contributed by atoms with Gasteiger partial charge in [0.25, 0.3) is 0 Å². The molecule has 0 aliphatic carbocycles. The van der Waals surface area contributed by atoms with Gasteiger partial charge in [-0.15, -0.1) is 0 Å². The maximum Gasteiger partial charge on any atom is 0.189 e. The number of thiocarbonyl (C=S) groups is 1. The van der Waals surface area contributed by atoms with Crippen LogP contribution in [0, 0.1) is 0 Å². The summed E-state index contributed by atoms with van der Waals surface area (Å²) in [5.74, 6) is 0.240. The van der Waals surface area contributed by atoms with Crippen molar-refractivity contribution >= 4 is 33.9 Å². The van der Waals surface area contributed by atoms with Crippen LogP contribution in [0.15, 0.2) is 36.5 Å². The second kappa shape index (κ2) is 7.13. The lowest BCUT2D eigenvalue weighted by molar-refractivity contribution is 0.433. The van der Waals surface area contributed by atoms with E-state index in [-0.39, 0.29) is 23.3 Å². The normalized spacial score (nSPS) is 16.8. The molecule has 29 heavy (non-hydrogen) atoms. The fourth-order valence-corrected chi connectivity index (χ4v) is 4.13. The lowest BCUT2D eigenvalue weighted by Crippen LogP contribution is -2.29. The number of anilines is 1. The molecular weight excluding hydrogens is 388 g/mol. The van der Waals surface area contributed by atoms with Crippen molar-refractivity contribution < 1.29 is 15.3 Å². The van der Waals surface area contributed by atoms with Gasteiger partial charge in [0.05, 0.1) is 11.2 Å². The number of aryl methyl sites for hydroxylation is 1. The molecule has 1 aliphatic heterocycles. The minimum atomic E-state index is -0.483. The van der Waals surface area contributed by atoms with Gasteiger partial charge < -0.3 is 19.9 Å². The third-order valence-corrected chi connectivity index (χ3v) is 5.64. The lowest BCUT2D eigenvalue weighted by Gasteiger charge is -2.26. The van der Waals surface area contributed by atoms with E-state index in [1.54, 1.807) is 12.1 Å². The van der Waals surface area contributed by atoms with Gasteiger partial charge in [-0.3, -0.25) is 10.3 Å². The first-order valence-corrected chi connectivity index (χ1v) is 9.96. The van der Waals surface area contributed by atoms with Crippen LogP contribution in [-0.4, -0.2) is 25.0 Å². The highest BCUT2D eigenvalue weighted by Gasteiger charge is 2.34. The van der Waals surface area contributed by atoms with Gasteiger partial charge >= 0.3 is 0 Å². The molecule has 0 radical (unpaired) electrons. The summed E-state index contributed by atoms with van der Waals surface area (Å²) >= 11 is 5.54. The average molecular weight is 413 g/mol. The lowest BCUT2D eigenvalue weighted by atomic mass is 10.0. The van der Waals surface area contributed by atoms with E-state index < -0.39 is 6.17 Å². The number of aromatic hydroxyl groups is 3. The predicted octanol–water partition coefficient (Wildman–Crippen LogP) is 3.80. The van der Waals surface area contributed by atoms with Crippen LogP contribution in [0.1, 0.15) is 44.1 Å². The molecule has 0 saturated carbocycles. The van der Waals surface area contributed by atoms with Gasteiger partial charge in [0.2, 0.25) is 0 Å². The number of phenols is 3. The third-order valence-electron chi connectivity index (χ3n) is 5.34. The van der Waals surface area contributed by atoms with E-state index in [1.807, 2.05) is 34.7 Å². The summed E-state index contributed by atoms with van der Waals surface area (Å²) in [6, 6.07) is 8.74. The molecule has 0 amide bonds. The number of nitrogens with zero attached hydrogens (tertiary/aromatic N) is 2. The molecule has 2 heterocycles. The number of hydrogen-bond donors (Lipinski definition) is 5. The second-order valence-corrected chi connectivity index (χ2v) is 7.81. The Balaban J connectivity index is 1.88. The highest BCUT2D eigenvalue weighted by atomic mass is 32.1. The molecule has 5 N–H and O–H groups in total. The predicted molar refractivity (Wildman–Crippen MR) is 117 cm³/mol. The van der Waals surface area contributed by atoms with Gasteiger partial charge in [-0.05, 0) is 62.3 Å². The fourth-order valence-electron chi connectivity index (χ4n) is 3.87. The monoisotopic (exact) mass is 412 g/mol. The molecule has 0 bridgehead atoms. The van der Waals surface area contributed by atoms with Crippen LogP contribution in [0.3, 0.4) is 0 Å². The highest BCUT2D eigenvalue weighted by Crippen LogP contribution is 2.41. The number of phenolic OH excluding ortho intramolecular Hbond substituents is 3. The van der Waals surface area contributed by atoms with Gasteiger partial charge in [0, 0.05) is 29.3 Å². The Hall–Kier alpha value is -2.97. The summed E-state index contributed by atoms with van der Waals surface area (Å²) in [6.07, 6.45) is 2.09. The Kier molecular flexibility index (Phi) is 4.76. The summed E-state index contributed by atoms with van der Waals surface area (Å²) in [4.78, 5) is 1.87. The Morgan fingerprint density at radius 3 is 2.52 bits per heavy atom. The Morgan fingerprint density at radius 1 is 1.07 bits per heavy atom. The van der Waals surface area contributed by atoms with Crippen LogP contribution in [0.4, 0.5) is 5.69 Å². The summed E-state index contributed by atoms with van der Waals surface area (Å²) in [6.45, 7) is 6.05. The summed E-state index contributed by atoms with van der Waals surface area (Å²) in [7, 11) is 0. The van der Waals surface area contributed by atoms with Crippen molar-refractivity contribution in [3.8, 4) is 17.2 Å². The molecule has 1 atom stereocenters. The SMILES string of the molecule is CCc1cc(C2NNC(=S)N2c2ccc(O)c3c2ccn3C(C)C)c(O)cc1O. The van der Waals surface area contributed by atoms with Crippen molar-refractivity contribution in [3.63, 3.8) is 0 Å². The first kappa shape index (κ1) is 19.4. The van der Waals surface area contributed by atoms with E-state index >= 15 is 0 Å². The van der Waals surface area contributed by atoms with E-state index in [0.717, 1.165) is 22.2 Å². The molecular formula is C21H24N4O3S. The number of hydrazine groups is 1. The number of hydrogen-bond acceptors (Lipinski definition) is 5. The number of rotatable bonds is 4. The number of fused-ring (bicyclic) bond motifs is 1. The first-order valence-electron chi connectivity index (χ1n) is 9.55. The standard InChI is InChI=1S/C21H24N4O3S/c1-4-12-9-14(18(28)10-17(12)27)20-22-23-21(29)25(20)15-5-6-16(26)19-13(15)7-8-24(19)11(2)3/h5-11,20,22,26-28H,4H2,1-3H3,(H,23,29). The van der Waals surface area contributed by atoms with Gasteiger partial charge in [-0.2, -0.15) is 0 Å². The molecule has 2 aromatic carbocycles. The van der Waals surface area contributed by atoms with Crippen LogP contribution in [0.25, 0.3) is 10.9 Å². The maximum absolute atomic E-state index is 10.5. The van der Waals surface area contributed by atoms with Crippen LogP contribution < -0.4 is 15.8 Å². The van der Waals surface area contributed by atoms with E-state index in [9.17, 15) is 15.3 Å². The van der Waals surface area contributed by atoms with Crippen molar-refractivity contribution in [2.24, 2.45) is 0 Å². The largest absolute Gasteiger partial charge is 0.508 e. The van der Waals surface area contributed by atoms with Gasteiger partial charge in [-0.25, -0.2) is 5.43 Å². The molecule has 1 saturated heterocycles. The molecule has 8 heteroatoms.